The fourth-order valence-corrected chi connectivity index (χ4v) is 3.39. The molecule has 1 fully saturated rings. The quantitative estimate of drug-likeness (QED) is 0.611. The summed E-state index contributed by atoms with van der Waals surface area (Å²) in [7, 11) is 0. The molecule has 0 amide bonds. The standard InChI is InChI=1S/C24H26N4O2/c1-2-3-16-30-20-10-8-19(9-11-20)23-26-22-7-5-4-6-21(22)24(27-23)25-12-13-28-14-17-29-18-15-28/h4-11H,12-18H2,1H3,(H,25,26,27). The van der Waals surface area contributed by atoms with Crippen molar-refractivity contribution >= 4 is 16.7 Å². The van der Waals surface area contributed by atoms with E-state index in [-0.39, 0.29) is 0 Å². The second kappa shape index (κ2) is 10.1. The average Bonchev–Trinajstić information content (AvgIpc) is 2.80. The molecule has 154 valence electrons. The topological polar surface area (TPSA) is 59.5 Å². The van der Waals surface area contributed by atoms with Crippen LogP contribution in [0.5, 0.6) is 5.75 Å². The summed E-state index contributed by atoms with van der Waals surface area (Å²) in [4.78, 5) is 12.0. The first-order valence-electron chi connectivity index (χ1n) is 10.3. The van der Waals surface area contributed by atoms with Crippen molar-refractivity contribution in [1.29, 1.82) is 0 Å². The molecule has 0 aliphatic carbocycles. The summed E-state index contributed by atoms with van der Waals surface area (Å²) in [5, 5.41) is 4.55. The Morgan fingerprint density at radius 3 is 2.67 bits per heavy atom. The number of anilines is 1. The lowest BCUT2D eigenvalue weighted by Crippen LogP contribution is -2.39. The van der Waals surface area contributed by atoms with E-state index < -0.39 is 0 Å². The van der Waals surface area contributed by atoms with Gasteiger partial charge in [0.2, 0.25) is 0 Å². The van der Waals surface area contributed by atoms with E-state index in [1.165, 1.54) is 0 Å². The lowest BCUT2D eigenvalue weighted by molar-refractivity contribution is 0.0398. The molecule has 3 aromatic rings. The Morgan fingerprint density at radius 2 is 1.87 bits per heavy atom. The van der Waals surface area contributed by atoms with Crippen LogP contribution in [0.1, 0.15) is 6.92 Å². The van der Waals surface area contributed by atoms with Gasteiger partial charge in [-0.2, -0.15) is 0 Å². The van der Waals surface area contributed by atoms with Gasteiger partial charge in [0, 0.05) is 37.1 Å². The first-order chi connectivity index (χ1) is 14.8. The molecule has 4 rings (SSSR count). The molecule has 1 saturated heterocycles. The van der Waals surface area contributed by atoms with E-state index in [0.29, 0.717) is 12.4 Å². The first-order valence-corrected chi connectivity index (χ1v) is 10.3. The highest BCUT2D eigenvalue weighted by atomic mass is 16.5. The van der Waals surface area contributed by atoms with Crippen molar-refractivity contribution in [3.05, 3.63) is 48.5 Å². The molecule has 0 atom stereocenters. The SMILES string of the molecule is CC#CCOc1ccc(-c2nc(NCCN3CCOCC3)c3ccccc3n2)cc1. The third-order valence-electron chi connectivity index (χ3n) is 5.03. The van der Waals surface area contributed by atoms with Crippen LogP contribution in [-0.4, -0.2) is 60.9 Å². The fraction of sp³-hybridized carbons (Fsp3) is 0.333. The van der Waals surface area contributed by atoms with Crippen molar-refractivity contribution in [2.45, 2.75) is 6.92 Å². The summed E-state index contributed by atoms with van der Waals surface area (Å²) in [6.07, 6.45) is 0. The molecule has 1 aromatic heterocycles. The number of hydrogen-bond acceptors (Lipinski definition) is 6. The van der Waals surface area contributed by atoms with E-state index in [4.69, 9.17) is 19.4 Å². The predicted octanol–water partition coefficient (Wildman–Crippen LogP) is 3.44. The van der Waals surface area contributed by atoms with Gasteiger partial charge in [-0.1, -0.05) is 18.1 Å². The zero-order valence-electron chi connectivity index (χ0n) is 17.2. The minimum Gasteiger partial charge on any atom is -0.481 e. The van der Waals surface area contributed by atoms with Gasteiger partial charge < -0.3 is 14.8 Å². The maximum atomic E-state index is 5.60. The first kappa shape index (κ1) is 20.1. The summed E-state index contributed by atoms with van der Waals surface area (Å²) in [6, 6.07) is 15.9. The zero-order valence-corrected chi connectivity index (χ0v) is 17.2. The van der Waals surface area contributed by atoms with Crippen molar-refractivity contribution in [1.82, 2.24) is 14.9 Å². The smallest absolute Gasteiger partial charge is 0.162 e. The highest BCUT2D eigenvalue weighted by molar-refractivity contribution is 5.90. The molecule has 6 heteroatoms. The van der Waals surface area contributed by atoms with Crippen LogP contribution >= 0.6 is 0 Å². The minimum atomic E-state index is 0.388. The Hall–Kier alpha value is -3.14. The number of para-hydroxylation sites is 1. The molecule has 6 nitrogen and oxygen atoms in total. The number of nitrogens with zero attached hydrogens (tertiary/aromatic N) is 3. The van der Waals surface area contributed by atoms with Crippen LogP contribution in [-0.2, 0) is 4.74 Å². The second-order valence-electron chi connectivity index (χ2n) is 7.03. The molecule has 0 unspecified atom stereocenters. The van der Waals surface area contributed by atoms with Crippen LogP contribution in [0.3, 0.4) is 0 Å². The molecular formula is C24H26N4O2. The van der Waals surface area contributed by atoms with E-state index in [1.54, 1.807) is 6.92 Å². The molecule has 0 radical (unpaired) electrons. The minimum absolute atomic E-state index is 0.388. The summed E-state index contributed by atoms with van der Waals surface area (Å²) in [6.45, 7) is 7.56. The lowest BCUT2D eigenvalue weighted by Gasteiger charge is -2.26. The monoisotopic (exact) mass is 402 g/mol. The molecule has 0 bridgehead atoms. The molecular weight excluding hydrogens is 376 g/mol. The molecule has 1 N–H and O–H groups in total. The molecule has 2 heterocycles. The van der Waals surface area contributed by atoms with Crippen LogP contribution in [0.4, 0.5) is 5.82 Å². The van der Waals surface area contributed by atoms with Crippen molar-refractivity contribution in [3.8, 4) is 29.0 Å². The third kappa shape index (κ3) is 5.07. The Labute approximate surface area is 177 Å². The van der Waals surface area contributed by atoms with E-state index in [9.17, 15) is 0 Å². The highest BCUT2D eigenvalue weighted by Crippen LogP contribution is 2.26. The molecule has 2 aromatic carbocycles. The van der Waals surface area contributed by atoms with Gasteiger partial charge in [0.1, 0.15) is 18.2 Å². The van der Waals surface area contributed by atoms with Crippen molar-refractivity contribution in [3.63, 3.8) is 0 Å². The number of fused-ring (bicyclic) bond motifs is 1. The Balaban J connectivity index is 1.52. The Kier molecular flexibility index (Phi) is 6.75. The summed E-state index contributed by atoms with van der Waals surface area (Å²) >= 11 is 0. The lowest BCUT2D eigenvalue weighted by atomic mass is 10.1. The van der Waals surface area contributed by atoms with E-state index >= 15 is 0 Å². The van der Waals surface area contributed by atoms with Gasteiger partial charge in [-0.25, -0.2) is 9.97 Å². The van der Waals surface area contributed by atoms with Crippen LogP contribution < -0.4 is 10.1 Å². The van der Waals surface area contributed by atoms with Gasteiger partial charge in [-0.3, -0.25) is 4.90 Å². The summed E-state index contributed by atoms with van der Waals surface area (Å²) in [5.74, 6) is 8.07. The number of morpholine rings is 1. The van der Waals surface area contributed by atoms with Crippen molar-refractivity contribution in [2.24, 2.45) is 0 Å². The van der Waals surface area contributed by atoms with Crippen molar-refractivity contribution < 1.29 is 9.47 Å². The number of aromatic nitrogens is 2. The third-order valence-corrected chi connectivity index (χ3v) is 5.03. The predicted molar refractivity (Wildman–Crippen MR) is 120 cm³/mol. The van der Waals surface area contributed by atoms with Gasteiger partial charge in [0.15, 0.2) is 5.82 Å². The van der Waals surface area contributed by atoms with Crippen LogP contribution in [0, 0.1) is 11.8 Å². The number of ether oxygens (including phenoxy) is 2. The van der Waals surface area contributed by atoms with Crippen LogP contribution in [0.25, 0.3) is 22.3 Å². The number of nitrogens with one attached hydrogen (secondary N) is 1. The van der Waals surface area contributed by atoms with Gasteiger partial charge in [-0.15, -0.1) is 5.92 Å². The van der Waals surface area contributed by atoms with Crippen molar-refractivity contribution in [2.75, 3.05) is 51.3 Å². The van der Waals surface area contributed by atoms with Gasteiger partial charge in [0.25, 0.3) is 0 Å². The average molecular weight is 402 g/mol. The van der Waals surface area contributed by atoms with Gasteiger partial charge in [0.05, 0.1) is 18.7 Å². The maximum Gasteiger partial charge on any atom is 0.162 e. The molecule has 1 aliphatic rings. The summed E-state index contributed by atoms with van der Waals surface area (Å²) < 4.78 is 11.0. The fourth-order valence-electron chi connectivity index (χ4n) is 3.39. The zero-order chi connectivity index (χ0) is 20.6. The van der Waals surface area contributed by atoms with E-state index in [2.05, 4.69) is 28.1 Å². The van der Waals surface area contributed by atoms with E-state index in [1.807, 2.05) is 42.5 Å². The Morgan fingerprint density at radius 1 is 1.07 bits per heavy atom. The number of hydrogen-bond donors (Lipinski definition) is 1. The molecule has 1 aliphatic heterocycles. The number of benzene rings is 2. The largest absolute Gasteiger partial charge is 0.481 e. The molecule has 30 heavy (non-hydrogen) atoms. The van der Waals surface area contributed by atoms with E-state index in [0.717, 1.165) is 67.4 Å². The number of rotatable bonds is 7. The second-order valence-corrected chi connectivity index (χ2v) is 7.03. The van der Waals surface area contributed by atoms with Crippen LogP contribution in [0.2, 0.25) is 0 Å². The summed E-state index contributed by atoms with van der Waals surface area (Å²) in [5.41, 5.74) is 1.88. The highest BCUT2D eigenvalue weighted by Gasteiger charge is 2.12. The van der Waals surface area contributed by atoms with Crippen LogP contribution in [0.15, 0.2) is 48.5 Å². The van der Waals surface area contributed by atoms with Gasteiger partial charge in [-0.05, 0) is 43.3 Å². The molecule has 0 saturated carbocycles. The maximum absolute atomic E-state index is 5.60. The van der Waals surface area contributed by atoms with Gasteiger partial charge >= 0.3 is 0 Å². The normalized spacial score (nSPS) is 14.2. The Bertz CT molecular complexity index is 1030. The molecule has 0 spiro atoms.